The van der Waals surface area contributed by atoms with Crippen molar-refractivity contribution in [2.75, 3.05) is 0 Å². The summed E-state index contributed by atoms with van der Waals surface area (Å²) in [5, 5.41) is 2.80. The van der Waals surface area contributed by atoms with Gasteiger partial charge in [0.25, 0.3) is 0 Å². The van der Waals surface area contributed by atoms with Gasteiger partial charge in [0.05, 0.1) is 0 Å². The number of benzene rings is 2. The molecule has 140 valence electrons. The van der Waals surface area contributed by atoms with E-state index in [2.05, 4.69) is 56.3 Å². The van der Waals surface area contributed by atoms with Crippen LogP contribution in [0.5, 0.6) is 0 Å². The first-order chi connectivity index (χ1) is 12.8. The van der Waals surface area contributed by atoms with Crippen LogP contribution in [0.3, 0.4) is 0 Å². The van der Waals surface area contributed by atoms with Crippen molar-refractivity contribution in [3.63, 3.8) is 0 Å². The molecule has 0 aliphatic heterocycles. The summed E-state index contributed by atoms with van der Waals surface area (Å²) in [4.78, 5) is 0. The van der Waals surface area contributed by atoms with Gasteiger partial charge in [0.15, 0.2) is 0 Å². The molecule has 0 radical (unpaired) electrons. The summed E-state index contributed by atoms with van der Waals surface area (Å²) in [6.07, 6.45) is 17.2. The molecule has 0 amide bonds. The lowest BCUT2D eigenvalue weighted by Crippen LogP contribution is -2.05. The third kappa shape index (κ3) is 5.22. The van der Waals surface area contributed by atoms with E-state index in [1.54, 1.807) is 5.57 Å². The van der Waals surface area contributed by atoms with Gasteiger partial charge in [0.2, 0.25) is 0 Å². The summed E-state index contributed by atoms with van der Waals surface area (Å²) in [6.45, 7) is 4.58. The van der Waals surface area contributed by atoms with Gasteiger partial charge in [-0.25, -0.2) is 0 Å². The fraction of sp³-hybridized carbons (Fsp3) is 0.538. The minimum atomic E-state index is 0.925. The molecule has 1 atom stereocenters. The first-order valence-electron chi connectivity index (χ1n) is 11.0. The van der Waals surface area contributed by atoms with Crippen LogP contribution in [0.1, 0.15) is 89.2 Å². The maximum absolute atomic E-state index is 2.52. The Bertz CT molecular complexity index is 722. The van der Waals surface area contributed by atoms with Crippen molar-refractivity contribution < 1.29 is 0 Å². The molecule has 0 saturated carbocycles. The summed E-state index contributed by atoms with van der Waals surface area (Å²) in [6, 6.07) is 14.2. The highest BCUT2D eigenvalue weighted by Crippen LogP contribution is 2.34. The van der Waals surface area contributed by atoms with Crippen LogP contribution in [0.25, 0.3) is 16.3 Å². The van der Waals surface area contributed by atoms with E-state index in [1.165, 1.54) is 92.5 Å². The van der Waals surface area contributed by atoms with Crippen LogP contribution < -0.4 is 0 Å². The summed E-state index contributed by atoms with van der Waals surface area (Å²) in [7, 11) is 0. The van der Waals surface area contributed by atoms with Gasteiger partial charge >= 0.3 is 0 Å². The van der Waals surface area contributed by atoms with Crippen molar-refractivity contribution >= 4 is 16.3 Å². The number of fused-ring (bicyclic) bond motifs is 1. The van der Waals surface area contributed by atoms with Crippen molar-refractivity contribution in [2.45, 2.75) is 84.5 Å². The molecule has 1 unspecified atom stereocenters. The predicted octanol–water partition coefficient (Wildman–Crippen LogP) is 8.34. The third-order valence-corrected chi connectivity index (χ3v) is 6.08. The van der Waals surface area contributed by atoms with E-state index in [0.29, 0.717) is 0 Å². The Hall–Kier alpha value is -1.56. The number of hydrogen-bond acceptors (Lipinski definition) is 0. The lowest BCUT2D eigenvalue weighted by Gasteiger charge is -2.22. The van der Waals surface area contributed by atoms with Crippen LogP contribution >= 0.6 is 0 Å². The van der Waals surface area contributed by atoms with Crippen LogP contribution in [0.15, 0.2) is 42.5 Å². The molecule has 1 aliphatic carbocycles. The SMILES string of the molecule is CCCCCCc1ccc2cc(C3=CCC(CCCC)CC3)ccc2c1. The lowest BCUT2D eigenvalue weighted by atomic mass is 9.83. The zero-order valence-corrected chi connectivity index (χ0v) is 16.9. The zero-order chi connectivity index (χ0) is 18.2. The third-order valence-electron chi connectivity index (χ3n) is 6.08. The molecule has 0 saturated heterocycles. The van der Waals surface area contributed by atoms with Crippen LogP contribution in [0, 0.1) is 5.92 Å². The van der Waals surface area contributed by atoms with Crippen molar-refractivity contribution in [1.29, 1.82) is 0 Å². The fourth-order valence-electron chi connectivity index (χ4n) is 4.31. The van der Waals surface area contributed by atoms with Gasteiger partial charge in [-0.15, -0.1) is 0 Å². The molecule has 0 heteroatoms. The van der Waals surface area contributed by atoms with Gasteiger partial charge < -0.3 is 0 Å². The van der Waals surface area contributed by atoms with E-state index < -0.39 is 0 Å². The van der Waals surface area contributed by atoms with E-state index in [0.717, 1.165) is 5.92 Å². The van der Waals surface area contributed by atoms with E-state index in [-0.39, 0.29) is 0 Å². The Morgan fingerprint density at radius 1 is 0.846 bits per heavy atom. The lowest BCUT2D eigenvalue weighted by molar-refractivity contribution is 0.434. The van der Waals surface area contributed by atoms with Crippen LogP contribution in [0.2, 0.25) is 0 Å². The number of aryl methyl sites for hydroxylation is 1. The molecule has 3 rings (SSSR count). The minimum Gasteiger partial charge on any atom is -0.0804 e. The van der Waals surface area contributed by atoms with Crippen LogP contribution in [-0.4, -0.2) is 0 Å². The number of unbranched alkanes of at least 4 members (excludes halogenated alkanes) is 4. The highest BCUT2D eigenvalue weighted by molar-refractivity contribution is 5.87. The molecule has 0 N–H and O–H groups in total. The van der Waals surface area contributed by atoms with Gasteiger partial charge in [-0.1, -0.05) is 88.8 Å². The van der Waals surface area contributed by atoms with Crippen molar-refractivity contribution in [2.24, 2.45) is 5.92 Å². The van der Waals surface area contributed by atoms with Crippen molar-refractivity contribution in [3.05, 3.63) is 53.6 Å². The molecule has 2 aromatic carbocycles. The average molecular weight is 349 g/mol. The molecular weight excluding hydrogens is 312 g/mol. The monoisotopic (exact) mass is 348 g/mol. The maximum atomic E-state index is 2.52. The van der Waals surface area contributed by atoms with E-state index in [9.17, 15) is 0 Å². The molecule has 0 bridgehead atoms. The Balaban J connectivity index is 1.65. The van der Waals surface area contributed by atoms with Crippen LogP contribution in [-0.2, 0) is 6.42 Å². The Morgan fingerprint density at radius 2 is 1.65 bits per heavy atom. The standard InChI is InChI=1S/C26H36/c1-3-5-7-8-10-22-13-16-26-20-25(18-17-24(26)19-22)23-14-11-21(12-15-23)9-6-4-2/h13-14,16-21H,3-12,15H2,1-2H3. The number of allylic oxidation sites excluding steroid dienone is 2. The zero-order valence-electron chi connectivity index (χ0n) is 16.9. The smallest absolute Gasteiger partial charge is 0.0178 e. The highest BCUT2D eigenvalue weighted by atomic mass is 14.2. The predicted molar refractivity (Wildman–Crippen MR) is 117 cm³/mol. The molecule has 0 nitrogen and oxygen atoms in total. The highest BCUT2D eigenvalue weighted by Gasteiger charge is 2.15. The van der Waals surface area contributed by atoms with Gasteiger partial charge in [-0.2, -0.15) is 0 Å². The summed E-state index contributed by atoms with van der Waals surface area (Å²) >= 11 is 0. The molecule has 1 aliphatic rings. The number of rotatable bonds is 9. The van der Waals surface area contributed by atoms with E-state index in [4.69, 9.17) is 0 Å². The summed E-state index contributed by atoms with van der Waals surface area (Å²) < 4.78 is 0. The summed E-state index contributed by atoms with van der Waals surface area (Å²) in [5.41, 5.74) is 4.52. The molecule has 0 spiro atoms. The largest absolute Gasteiger partial charge is 0.0804 e. The van der Waals surface area contributed by atoms with Crippen LogP contribution in [0.4, 0.5) is 0 Å². The van der Waals surface area contributed by atoms with E-state index >= 15 is 0 Å². The van der Waals surface area contributed by atoms with Gasteiger partial charge in [-0.3, -0.25) is 0 Å². The van der Waals surface area contributed by atoms with Crippen molar-refractivity contribution in [3.8, 4) is 0 Å². The Labute approximate surface area is 160 Å². The van der Waals surface area contributed by atoms with Crippen molar-refractivity contribution in [1.82, 2.24) is 0 Å². The van der Waals surface area contributed by atoms with Gasteiger partial charge in [0.1, 0.15) is 0 Å². The quantitative estimate of drug-likeness (QED) is 0.399. The van der Waals surface area contributed by atoms with E-state index in [1.807, 2.05) is 0 Å². The molecule has 2 aromatic rings. The molecular formula is C26H36. The Kier molecular flexibility index (Phi) is 7.35. The minimum absolute atomic E-state index is 0.925. The molecule has 0 aromatic heterocycles. The normalized spacial score (nSPS) is 17.5. The maximum Gasteiger partial charge on any atom is -0.0178 e. The molecule has 0 heterocycles. The second kappa shape index (κ2) is 9.95. The fourth-order valence-corrected chi connectivity index (χ4v) is 4.31. The van der Waals surface area contributed by atoms with Gasteiger partial charge in [0, 0.05) is 0 Å². The average Bonchev–Trinajstić information content (AvgIpc) is 2.69. The second-order valence-electron chi connectivity index (χ2n) is 8.22. The topological polar surface area (TPSA) is 0 Å². The van der Waals surface area contributed by atoms with Gasteiger partial charge in [-0.05, 0) is 71.6 Å². The molecule has 0 fully saturated rings. The second-order valence-corrected chi connectivity index (χ2v) is 8.22. The first kappa shape index (κ1) is 19.2. The molecule has 26 heavy (non-hydrogen) atoms. The summed E-state index contributed by atoms with van der Waals surface area (Å²) in [5.74, 6) is 0.925. The first-order valence-corrected chi connectivity index (χ1v) is 11.0. The number of hydrogen-bond donors (Lipinski definition) is 0. The Morgan fingerprint density at radius 3 is 2.42 bits per heavy atom.